The first kappa shape index (κ1) is 16.3. The molecule has 1 aliphatic heterocycles. The number of fused-ring (bicyclic) bond motifs is 2. The fraction of sp³-hybridized carbons (Fsp3) is 0. The summed E-state index contributed by atoms with van der Waals surface area (Å²) >= 11 is 0. The number of ether oxygens (including phenoxy) is 1. The van der Waals surface area contributed by atoms with Gasteiger partial charge in [0.1, 0.15) is 0 Å². The van der Waals surface area contributed by atoms with E-state index in [4.69, 9.17) is 4.74 Å². The predicted octanol–water partition coefficient (Wildman–Crippen LogP) is 1.49. The molecule has 3 nitrogen and oxygen atoms in total. The van der Waals surface area contributed by atoms with Gasteiger partial charge in [0.2, 0.25) is 0 Å². The second-order valence-corrected chi connectivity index (χ2v) is 6.22. The Morgan fingerprint density at radius 2 is 1.81 bits per heavy atom. The maximum atomic E-state index is 12.6. The van der Waals surface area contributed by atoms with Crippen molar-refractivity contribution in [2.75, 3.05) is 0 Å². The number of carbonyl (C=O) groups excluding carboxylic acids is 1. The van der Waals surface area contributed by atoms with Gasteiger partial charge in [-0.2, -0.15) is 0 Å². The molecule has 0 saturated carbocycles. The molecule has 0 aliphatic carbocycles. The van der Waals surface area contributed by atoms with Crippen LogP contribution in [0.25, 0.3) is 5.57 Å². The van der Waals surface area contributed by atoms with Gasteiger partial charge in [-0.25, -0.2) is 0 Å². The Morgan fingerprint density at radius 3 is 2.62 bits per heavy atom. The van der Waals surface area contributed by atoms with Crippen molar-refractivity contribution in [3.8, 4) is 11.5 Å². The topological polar surface area (TPSA) is 35.5 Å². The zero-order valence-electron chi connectivity index (χ0n) is 14.1. The van der Waals surface area contributed by atoms with Crippen LogP contribution >= 0.6 is 0 Å². The van der Waals surface area contributed by atoms with Gasteiger partial charge in [-0.3, -0.25) is 0 Å². The monoisotopic (exact) mass is 342 g/mol. The molecule has 6 heteroatoms. The van der Waals surface area contributed by atoms with Crippen LogP contribution in [-0.4, -0.2) is 21.3 Å². The molecule has 0 aromatic heterocycles. The molecular formula is C20H13B2FO3. The third-order valence-electron chi connectivity index (χ3n) is 4.43. The van der Waals surface area contributed by atoms with Crippen LogP contribution in [0.3, 0.4) is 0 Å². The zero-order valence-corrected chi connectivity index (χ0v) is 14.1. The Labute approximate surface area is 151 Å². The van der Waals surface area contributed by atoms with Crippen LogP contribution in [0.2, 0.25) is 0 Å². The molecule has 3 aromatic rings. The molecule has 0 atom stereocenters. The molecule has 26 heavy (non-hydrogen) atoms. The van der Waals surface area contributed by atoms with Crippen molar-refractivity contribution in [2.24, 2.45) is 0 Å². The van der Waals surface area contributed by atoms with Gasteiger partial charge in [-0.1, -0.05) is 0 Å². The van der Waals surface area contributed by atoms with E-state index in [9.17, 15) is 9.32 Å². The molecule has 124 valence electrons. The van der Waals surface area contributed by atoms with Gasteiger partial charge in [0.05, 0.1) is 0 Å². The summed E-state index contributed by atoms with van der Waals surface area (Å²) in [5, 5.41) is 1.63. The van der Waals surface area contributed by atoms with E-state index >= 15 is 0 Å². The fourth-order valence-corrected chi connectivity index (χ4v) is 3.25. The number of benzene rings is 3. The first-order chi connectivity index (χ1) is 12.6. The van der Waals surface area contributed by atoms with E-state index < -0.39 is 5.97 Å². The number of carbonyl (C=O) groups is 1. The summed E-state index contributed by atoms with van der Waals surface area (Å²) in [5.41, 5.74) is 3.42. The SMILES string of the molecule is B=c1ccc2c(c1)Oc1cc(B)ccc1C=2c1ccccc1C(=O)OF. The molecule has 0 spiro atoms. The second kappa shape index (κ2) is 6.30. The third-order valence-corrected chi connectivity index (χ3v) is 4.43. The van der Waals surface area contributed by atoms with Crippen molar-refractivity contribution in [3.05, 3.63) is 87.7 Å². The standard InChI is InChI=1S/C20H13B2FO3/c21-11-5-7-15-17(9-11)25-18-10-12(22)6-8-16(18)19(15)13-3-1-2-4-14(13)20(24)26-23/h1-10,21H,22H2. The Kier molecular flexibility index (Phi) is 3.96. The minimum absolute atomic E-state index is 0.156. The maximum absolute atomic E-state index is 12.6. The molecule has 0 amide bonds. The summed E-state index contributed by atoms with van der Waals surface area (Å²) in [6.07, 6.45) is 0. The molecule has 0 radical (unpaired) electrons. The first-order valence-electron chi connectivity index (χ1n) is 8.13. The Hall–Kier alpha value is -3.14. The van der Waals surface area contributed by atoms with Crippen LogP contribution in [0.5, 0.6) is 11.5 Å². The number of hydrogen-bond donors (Lipinski definition) is 0. The summed E-state index contributed by atoms with van der Waals surface area (Å²) in [7, 11) is 5.92. The minimum atomic E-state index is -1.02. The van der Waals surface area contributed by atoms with Crippen LogP contribution in [-0.2, 0) is 4.94 Å². The summed E-state index contributed by atoms with van der Waals surface area (Å²) in [6, 6.07) is 18.3. The fourth-order valence-electron chi connectivity index (χ4n) is 3.25. The van der Waals surface area contributed by atoms with Crippen molar-refractivity contribution in [3.63, 3.8) is 0 Å². The van der Waals surface area contributed by atoms with Crippen LogP contribution in [0.1, 0.15) is 21.5 Å². The molecule has 4 rings (SSSR count). The molecule has 0 saturated heterocycles. The third kappa shape index (κ3) is 2.64. The molecule has 0 fully saturated rings. The van der Waals surface area contributed by atoms with Gasteiger partial charge in [0, 0.05) is 0 Å². The van der Waals surface area contributed by atoms with E-state index in [0.717, 1.165) is 26.9 Å². The van der Waals surface area contributed by atoms with Crippen LogP contribution in [0.15, 0.2) is 60.7 Å². The quantitative estimate of drug-likeness (QED) is 0.518. The predicted molar refractivity (Wildman–Crippen MR) is 101 cm³/mol. The van der Waals surface area contributed by atoms with Crippen molar-refractivity contribution >= 4 is 32.3 Å². The summed E-state index contributed by atoms with van der Waals surface area (Å²) in [5.74, 6) is 0.305. The molecule has 0 bridgehead atoms. The summed E-state index contributed by atoms with van der Waals surface area (Å²) < 4.78 is 18.7. The van der Waals surface area contributed by atoms with Gasteiger partial charge >= 0.3 is 151 Å². The van der Waals surface area contributed by atoms with E-state index in [1.54, 1.807) is 24.3 Å². The molecular weight excluding hydrogens is 329 g/mol. The van der Waals surface area contributed by atoms with Crippen molar-refractivity contribution in [1.29, 1.82) is 0 Å². The van der Waals surface area contributed by atoms with E-state index in [-0.39, 0.29) is 5.56 Å². The van der Waals surface area contributed by atoms with Gasteiger partial charge in [-0.15, -0.1) is 0 Å². The van der Waals surface area contributed by atoms with Crippen molar-refractivity contribution in [2.45, 2.75) is 0 Å². The number of halogens is 1. The van der Waals surface area contributed by atoms with Gasteiger partial charge in [-0.05, 0) is 0 Å². The molecule has 0 unspecified atom stereocenters. The Bertz CT molecular complexity index is 1160. The normalized spacial score (nSPS) is 11.9. The van der Waals surface area contributed by atoms with E-state index in [1.807, 2.05) is 44.2 Å². The average Bonchev–Trinajstić information content (AvgIpc) is 2.65. The average molecular weight is 342 g/mol. The first-order valence-corrected chi connectivity index (χ1v) is 8.13. The van der Waals surface area contributed by atoms with Gasteiger partial charge < -0.3 is 0 Å². The molecule has 3 aromatic carbocycles. The van der Waals surface area contributed by atoms with Crippen LogP contribution in [0.4, 0.5) is 4.53 Å². The summed E-state index contributed by atoms with van der Waals surface area (Å²) in [4.78, 5) is 15.4. The Morgan fingerprint density at radius 1 is 1.00 bits per heavy atom. The van der Waals surface area contributed by atoms with Gasteiger partial charge in [0.25, 0.3) is 0 Å². The Balaban J connectivity index is 2.13. The molecule has 0 N–H and O–H groups in total. The van der Waals surface area contributed by atoms with E-state index in [1.165, 1.54) is 0 Å². The van der Waals surface area contributed by atoms with E-state index in [0.29, 0.717) is 17.1 Å². The number of hydrogen-bond acceptors (Lipinski definition) is 3. The number of rotatable bonds is 2. The van der Waals surface area contributed by atoms with Crippen molar-refractivity contribution in [1.82, 2.24) is 0 Å². The van der Waals surface area contributed by atoms with E-state index in [2.05, 4.69) is 12.4 Å². The van der Waals surface area contributed by atoms with Crippen LogP contribution < -0.4 is 15.4 Å². The zero-order chi connectivity index (χ0) is 18.3. The van der Waals surface area contributed by atoms with Crippen molar-refractivity contribution < 1.29 is 19.0 Å². The summed E-state index contributed by atoms with van der Waals surface area (Å²) in [6.45, 7) is 0. The molecule has 1 heterocycles. The molecule has 1 aliphatic rings. The second-order valence-electron chi connectivity index (χ2n) is 6.22. The van der Waals surface area contributed by atoms with Gasteiger partial charge in [0.15, 0.2) is 0 Å². The van der Waals surface area contributed by atoms with Crippen LogP contribution in [0, 0.1) is 5.11 Å².